The highest BCUT2D eigenvalue weighted by Gasteiger charge is 2.04. The quantitative estimate of drug-likeness (QED) is 0.608. The number of aryl methyl sites for hydroxylation is 1. The average molecular weight is 276 g/mol. The van der Waals surface area contributed by atoms with Crippen LogP contribution >= 0.6 is 11.6 Å². The topological polar surface area (TPSA) is 80.6 Å². The van der Waals surface area contributed by atoms with E-state index >= 15 is 0 Å². The van der Waals surface area contributed by atoms with Gasteiger partial charge in [0.25, 0.3) is 0 Å². The second-order valence-electron chi connectivity index (χ2n) is 4.91. The molecule has 0 unspecified atom stereocenters. The summed E-state index contributed by atoms with van der Waals surface area (Å²) in [5.74, 6) is -0.905. The highest BCUT2D eigenvalue weighted by molar-refractivity contribution is 6.32. The average Bonchev–Trinajstić information content (AvgIpc) is 2.11. The Morgan fingerprint density at radius 3 is 2.06 bits per heavy atom. The summed E-state index contributed by atoms with van der Waals surface area (Å²) < 4.78 is 0.419. The van der Waals surface area contributed by atoms with Gasteiger partial charge < -0.3 is 24.6 Å². The van der Waals surface area contributed by atoms with Gasteiger partial charge in [-0.3, -0.25) is 0 Å². The van der Waals surface area contributed by atoms with Crippen molar-refractivity contribution in [3.8, 4) is 11.5 Å². The zero-order valence-electron chi connectivity index (χ0n) is 10.9. The molecule has 0 radical (unpaired) electrons. The summed E-state index contributed by atoms with van der Waals surface area (Å²) in [6, 6.07) is 2.73. The number of phenols is 2. The molecular weight excluding hydrogens is 258 g/mol. The van der Waals surface area contributed by atoms with E-state index in [1.165, 1.54) is 12.1 Å². The summed E-state index contributed by atoms with van der Waals surface area (Å²) in [6.45, 7) is 1.76. The van der Waals surface area contributed by atoms with Crippen molar-refractivity contribution < 1.29 is 24.6 Å². The van der Waals surface area contributed by atoms with Crippen molar-refractivity contribution in [2.24, 2.45) is 0 Å². The van der Waals surface area contributed by atoms with E-state index in [2.05, 4.69) is 0 Å². The Morgan fingerprint density at radius 1 is 1.28 bits per heavy atom. The monoisotopic (exact) mass is 275 g/mol. The van der Waals surface area contributed by atoms with E-state index in [0.717, 1.165) is 0 Å². The van der Waals surface area contributed by atoms with Gasteiger partial charge in [0.05, 0.1) is 32.1 Å². The number of likely N-dealkylation sites (N-methyl/N-ethyl adjacent to an activating group) is 1. The Balaban J connectivity index is 0.000000331. The van der Waals surface area contributed by atoms with Gasteiger partial charge >= 0.3 is 0 Å². The minimum atomic E-state index is -1.00. The maximum atomic E-state index is 9.89. The molecule has 0 saturated heterocycles. The fraction of sp³-hybridized carbons (Fsp3) is 0.417. The van der Waals surface area contributed by atoms with E-state index in [1.54, 1.807) is 28.1 Å². The van der Waals surface area contributed by atoms with Crippen LogP contribution in [0.2, 0.25) is 5.02 Å². The predicted octanol–water partition coefficient (Wildman–Crippen LogP) is 0.502. The molecule has 0 amide bonds. The molecule has 102 valence electrons. The third-order valence-electron chi connectivity index (χ3n) is 1.87. The maximum Gasteiger partial charge on any atom is 0.134 e. The van der Waals surface area contributed by atoms with Gasteiger partial charge in [-0.25, -0.2) is 0 Å². The zero-order valence-corrected chi connectivity index (χ0v) is 11.7. The molecule has 0 saturated carbocycles. The number of carbonyl (C=O) groups is 1. The number of aliphatic carboxylic acids is 1. The molecule has 1 rings (SSSR count). The predicted molar refractivity (Wildman–Crippen MR) is 67.4 cm³/mol. The van der Waals surface area contributed by atoms with E-state index in [4.69, 9.17) is 21.8 Å². The normalized spacial score (nSPS) is 10.5. The molecule has 2 N–H and O–H groups in total. The summed E-state index contributed by atoms with van der Waals surface area (Å²) in [5, 5.41) is 28.1. The second kappa shape index (κ2) is 6.47. The Labute approximate surface area is 111 Å². The lowest BCUT2D eigenvalue weighted by Gasteiger charge is -2.23. The van der Waals surface area contributed by atoms with Crippen molar-refractivity contribution in [2.75, 3.05) is 27.7 Å². The molecule has 1 aromatic carbocycles. The van der Waals surface area contributed by atoms with Crippen LogP contribution in [0.5, 0.6) is 11.5 Å². The molecule has 0 spiro atoms. The summed E-state index contributed by atoms with van der Waals surface area (Å²) >= 11 is 5.48. The number of hydrogen-bond donors (Lipinski definition) is 2. The molecule has 18 heavy (non-hydrogen) atoms. The third-order valence-corrected chi connectivity index (χ3v) is 2.17. The smallest absolute Gasteiger partial charge is 0.134 e. The van der Waals surface area contributed by atoms with Crippen LogP contribution in [0.4, 0.5) is 0 Å². The maximum absolute atomic E-state index is 9.89. The molecule has 0 fully saturated rings. The van der Waals surface area contributed by atoms with Crippen LogP contribution in [0.25, 0.3) is 0 Å². The molecule has 1 aromatic rings. The zero-order chi connectivity index (χ0) is 14.5. The van der Waals surface area contributed by atoms with E-state index in [0.29, 0.717) is 10.0 Å². The molecule has 0 bridgehead atoms. The van der Waals surface area contributed by atoms with Crippen molar-refractivity contribution in [1.82, 2.24) is 0 Å². The van der Waals surface area contributed by atoms with Crippen molar-refractivity contribution in [2.45, 2.75) is 6.92 Å². The van der Waals surface area contributed by atoms with Crippen LogP contribution in [0.15, 0.2) is 12.1 Å². The first-order valence-electron chi connectivity index (χ1n) is 5.21. The van der Waals surface area contributed by atoms with Crippen LogP contribution < -0.4 is 5.11 Å². The summed E-state index contributed by atoms with van der Waals surface area (Å²) in [6.07, 6.45) is 0. The number of quaternary nitrogens is 1. The lowest BCUT2D eigenvalue weighted by molar-refractivity contribution is -0.864. The molecule has 0 aliphatic heterocycles. The van der Waals surface area contributed by atoms with Gasteiger partial charge in [0.1, 0.15) is 18.0 Å². The highest BCUT2D eigenvalue weighted by Crippen LogP contribution is 2.29. The standard InChI is InChI=1S/C7H7ClO2.C5H11NO2/c1-4-2-7(10)5(8)3-6(4)9;1-6(2,3)4-5(7)8/h2-3,9-10H,1H3;4H2,1-3H3. The lowest BCUT2D eigenvalue weighted by atomic mass is 10.2. The van der Waals surface area contributed by atoms with Crippen LogP contribution in [0, 0.1) is 6.92 Å². The number of phenolic OH excluding ortho intramolecular Hbond substituents is 2. The van der Waals surface area contributed by atoms with Gasteiger partial charge in [-0.15, -0.1) is 0 Å². The Bertz CT molecular complexity index is 377. The van der Waals surface area contributed by atoms with Gasteiger partial charge in [0.15, 0.2) is 0 Å². The fourth-order valence-corrected chi connectivity index (χ4v) is 1.20. The summed E-state index contributed by atoms with van der Waals surface area (Å²) in [4.78, 5) is 9.89. The lowest BCUT2D eigenvalue weighted by Crippen LogP contribution is -2.45. The van der Waals surface area contributed by atoms with Crippen LogP contribution in [0.1, 0.15) is 5.56 Å². The number of aromatic hydroxyl groups is 2. The second-order valence-corrected chi connectivity index (χ2v) is 5.32. The molecule has 5 nitrogen and oxygen atoms in total. The van der Waals surface area contributed by atoms with E-state index < -0.39 is 5.97 Å². The van der Waals surface area contributed by atoms with E-state index in [-0.39, 0.29) is 23.1 Å². The fourth-order valence-electron chi connectivity index (χ4n) is 1.04. The van der Waals surface area contributed by atoms with Gasteiger partial charge in [-0.1, -0.05) is 11.6 Å². The molecule has 6 heteroatoms. The van der Waals surface area contributed by atoms with E-state index in [9.17, 15) is 9.90 Å². The van der Waals surface area contributed by atoms with Crippen LogP contribution in [0.3, 0.4) is 0 Å². The number of halogens is 1. The largest absolute Gasteiger partial charge is 0.544 e. The van der Waals surface area contributed by atoms with Gasteiger partial charge in [0, 0.05) is 6.07 Å². The van der Waals surface area contributed by atoms with Gasteiger partial charge in [0.2, 0.25) is 0 Å². The number of hydrogen-bond acceptors (Lipinski definition) is 4. The Kier molecular flexibility index (Phi) is 5.94. The molecule has 0 heterocycles. The number of carbonyl (C=O) groups excluding carboxylic acids is 1. The summed E-state index contributed by atoms with van der Waals surface area (Å²) in [5.41, 5.74) is 0.613. The first-order valence-corrected chi connectivity index (χ1v) is 5.59. The Morgan fingerprint density at radius 2 is 1.78 bits per heavy atom. The highest BCUT2D eigenvalue weighted by atomic mass is 35.5. The minimum Gasteiger partial charge on any atom is -0.544 e. The number of rotatable bonds is 2. The number of carboxylic acid groups (broad SMARTS) is 1. The van der Waals surface area contributed by atoms with Crippen molar-refractivity contribution in [1.29, 1.82) is 0 Å². The molecule has 0 atom stereocenters. The van der Waals surface area contributed by atoms with Crippen molar-refractivity contribution in [3.05, 3.63) is 22.7 Å². The third kappa shape index (κ3) is 6.98. The first kappa shape index (κ1) is 16.5. The van der Waals surface area contributed by atoms with Crippen LogP contribution in [-0.2, 0) is 4.79 Å². The van der Waals surface area contributed by atoms with Crippen molar-refractivity contribution >= 4 is 17.6 Å². The van der Waals surface area contributed by atoms with Crippen molar-refractivity contribution in [3.63, 3.8) is 0 Å². The van der Waals surface area contributed by atoms with E-state index in [1.807, 2.05) is 0 Å². The molecule has 0 aromatic heterocycles. The van der Waals surface area contributed by atoms with Crippen LogP contribution in [-0.4, -0.2) is 48.4 Å². The Hall–Kier alpha value is -1.46. The minimum absolute atomic E-state index is 0.00281. The first-order chi connectivity index (χ1) is 8.03. The SMILES string of the molecule is C[N+](C)(C)CC(=O)[O-].Cc1cc(O)c(Cl)cc1O. The molecule has 0 aliphatic rings. The number of benzene rings is 1. The number of nitrogens with zero attached hydrogens (tertiary/aromatic N) is 1. The van der Waals surface area contributed by atoms with Gasteiger partial charge in [-0.05, 0) is 18.6 Å². The molecular formula is C12H18ClNO4. The van der Waals surface area contributed by atoms with Gasteiger partial charge in [-0.2, -0.15) is 0 Å². The summed E-state index contributed by atoms with van der Waals surface area (Å²) in [7, 11) is 5.40. The molecule has 0 aliphatic carbocycles. The number of carboxylic acids is 1.